The highest BCUT2D eigenvalue weighted by atomic mass is 32.2. The van der Waals surface area contributed by atoms with Gasteiger partial charge in [-0.2, -0.15) is 0 Å². The molecule has 10 heteroatoms. The maximum Gasteiger partial charge on any atom is 0.261 e. The third kappa shape index (κ3) is 6.69. The van der Waals surface area contributed by atoms with Gasteiger partial charge in [0, 0.05) is 36.9 Å². The van der Waals surface area contributed by atoms with Gasteiger partial charge in [-0.25, -0.2) is 8.42 Å². The van der Waals surface area contributed by atoms with Crippen molar-refractivity contribution in [3.8, 4) is 0 Å². The number of nitrogens with one attached hydrogen (secondary N) is 2. The number of nitrogens with zero attached hydrogens (tertiary/aromatic N) is 2. The fraction of sp³-hybridized carbons (Fsp3) is 0.296. The second kappa shape index (κ2) is 12.2. The van der Waals surface area contributed by atoms with Crippen LogP contribution < -0.4 is 10.0 Å². The number of benzene rings is 2. The summed E-state index contributed by atoms with van der Waals surface area (Å²) >= 11 is 1.41. The van der Waals surface area contributed by atoms with E-state index in [0.29, 0.717) is 18.7 Å². The van der Waals surface area contributed by atoms with Gasteiger partial charge in [-0.15, -0.1) is 11.8 Å². The molecule has 2 heterocycles. The van der Waals surface area contributed by atoms with Crippen LogP contribution >= 0.6 is 11.8 Å². The number of carbonyl (C=O) groups excluding carboxylic acids is 2. The molecule has 2 amide bonds. The zero-order valence-electron chi connectivity index (χ0n) is 20.6. The lowest BCUT2D eigenvalue weighted by atomic mass is 10.1. The fourth-order valence-corrected chi connectivity index (χ4v) is 5.90. The van der Waals surface area contributed by atoms with E-state index in [1.165, 1.54) is 30.0 Å². The SMILES string of the molecule is CSc1ccc(S(=O)(=O)Nc2ccccc2C(=O)NCc2cccnc2)cc1C(=O)N1CCCCCC1. The minimum atomic E-state index is -4.08. The summed E-state index contributed by atoms with van der Waals surface area (Å²) in [6.45, 7) is 1.60. The highest BCUT2D eigenvalue weighted by Gasteiger charge is 2.24. The number of likely N-dealkylation sites (tertiary alicyclic amines) is 1. The summed E-state index contributed by atoms with van der Waals surface area (Å²) in [7, 11) is -4.08. The second-order valence-corrected chi connectivity index (χ2v) is 11.3. The quantitative estimate of drug-likeness (QED) is 0.408. The number of hydrogen-bond donors (Lipinski definition) is 2. The minimum Gasteiger partial charge on any atom is -0.348 e. The molecule has 194 valence electrons. The third-order valence-electron chi connectivity index (χ3n) is 6.20. The average Bonchev–Trinajstić information content (AvgIpc) is 3.21. The molecule has 1 saturated heterocycles. The van der Waals surface area contributed by atoms with E-state index in [9.17, 15) is 18.0 Å². The van der Waals surface area contributed by atoms with E-state index in [1.807, 2.05) is 17.2 Å². The Balaban J connectivity index is 1.57. The molecule has 8 nitrogen and oxygen atoms in total. The van der Waals surface area contributed by atoms with E-state index < -0.39 is 15.9 Å². The number of carbonyl (C=O) groups is 2. The molecular weight excluding hydrogens is 508 g/mol. The van der Waals surface area contributed by atoms with Gasteiger partial charge in [0.15, 0.2) is 0 Å². The summed E-state index contributed by atoms with van der Waals surface area (Å²) in [6, 6.07) is 14.6. The molecule has 3 aromatic rings. The first-order valence-corrected chi connectivity index (χ1v) is 14.9. The van der Waals surface area contributed by atoms with Crippen molar-refractivity contribution in [1.82, 2.24) is 15.2 Å². The van der Waals surface area contributed by atoms with Crippen molar-refractivity contribution in [1.29, 1.82) is 0 Å². The average molecular weight is 539 g/mol. The van der Waals surface area contributed by atoms with Gasteiger partial charge in [0.2, 0.25) is 0 Å². The molecule has 1 fully saturated rings. The van der Waals surface area contributed by atoms with Crippen molar-refractivity contribution in [3.63, 3.8) is 0 Å². The molecular formula is C27H30N4O4S2. The first kappa shape index (κ1) is 26.7. The number of rotatable bonds is 8. The fourth-order valence-electron chi connectivity index (χ4n) is 4.22. The number of anilines is 1. The Hall–Kier alpha value is -3.37. The van der Waals surface area contributed by atoms with Crippen molar-refractivity contribution in [3.05, 3.63) is 83.7 Å². The van der Waals surface area contributed by atoms with Crippen LogP contribution in [0.4, 0.5) is 5.69 Å². The Morgan fingerprint density at radius 3 is 2.43 bits per heavy atom. The molecule has 0 radical (unpaired) electrons. The summed E-state index contributed by atoms with van der Waals surface area (Å²) in [6.07, 6.45) is 9.23. The summed E-state index contributed by atoms with van der Waals surface area (Å²) in [5.41, 5.74) is 1.54. The van der Waals surface area contributed by atoms with Crippen LogP contribution in [0, 0.1) is 0 Å². The van der Waals surface area contributed by atoms with Gasteiger partial charge in [-0.05, 0) is 61.1 Å². The van der Waals surface area contributed by atoms with E-state index in [2.05, 4.69) is 15.0 Å². The van der Waals surface area contributed by atoms with Gasteiger partial charge in [0.1, 0.15) is 0 Å². The van der Waals surface area contributed by atoms with Gasteiger partial charge >= 0.3 is 0 Å². The minimum absolute atomic E-state index is 0.0333. The molecule has 0 atom stereocenters. The highest BCUT2D eigenvalue weighted by Crippen LogP contribution is 2.28. The molecule has 2 N–H and O–H groups in total. The molecule has 1 aromatic heterocycles. The van der Waals surface area contributed by atoms with Crippen molar-refractivity contribution in [2.45, 2.75) is 42.0 Å². The van der Waals surface area contributed by atoms with Gasteiger partial charge in [-0.1, -0.05) is 31.0 Å². The number of sulfonamides is 1. The summed E-state index contributed by atoms with van der Waals surface area (Å²) < 4.78 is 29.3. The van der Waals surface area contributed by atoms with Crippen molar-refractivity contribution >= 4 is 39.3 Å². The lowest BCUT2D eigenvalue weighted by Gasteiger charge is -2.22. The van der Waals surface area contributed by atoms with Crippen LogP contribution in [0.5, 0.6) is 0 Å². The van der Waals surface area contributed by atoms with Crippen LogP contribution in [0.15, 0.2) is 76.8 Å². The topological polar surface area (TPSA) is 108 Å². The summed E-state index contributed by atoms with van der Waals surface area (Å²) in [5, 5.41) is 2.80. The molecule has 0 unspecified atom stereocenters. The number of pyridine rings is 1. The Morgan fingerprint density at radius 2 is 1.73 bits per heavy atom. The lowest BCUT2D eigenvalue weighted by Crippen LogP contribution is -2.32. The van der Waals surface area contributed by atoms with Gasteiger partial charge in [0.05, 0.1) is 21.7 Å². The predicted molar refractivity (Wildman–Crippen MR) is 145 cm³/mol. The molecule has 0 bridgehead atoms. The van der Waals surface area contributed by atoms with E-state index in [0.717, 1.165) is 36.1 Å². The van der Waals surface area contributed by atoms with Crippen LogP contribution in [0.1, 0.15) is 52.0 Å². The number of thioether (sulfide) groups is 1. The van der Waals surface area contributed by atoms with E-state index in [1.54, 1.807) is 42.7 Å². The largest absolute Gasteiger partial charge is 0.348 e. The van der Waals surface area contributed by atoms with Crippen LogP contribution in [0.3, 0.4) is 0 Å². The van der Waals surface area contributed by atoms with E-state index in [-0.39, 0.29) is 28.6 Å². The molecule has 1 aliphatic heterocycles. The molecule has 0 saturated carbocycles. The number of aromatic nitrogens is 1. The number of amides is 2. The van der Waals surface area contributed by atoms with E-state index >= 15 is 0 Å². The molecule has 1 aliphatic rings. The van der Waals surface area contributed by atoms with Crippen molar-refractivity contribution in [2.75, 3.05) is 24.1 Å². The molecule has 4 rings (SSSR count). The molecule has 2 aromatic carbocycles. The zero-order chi connectivity index (χ0) is 26.3. The molecule has 0 spiro atoms. The smallest absolute Gasteiger partial charge is 0.261 e. The lowest BCUT2D eigenvalue weighted by molar-refractivity contribution is 0.0757. The van der Waals surface area contributed by atoms with Crippen LogP contribution in [0.25, 0.3) is 0 Å². The van der Waals surface area contributed by atoms with E-state index in [4.69, 9.17) is 0 Å². The molecule has 0 aliphatic carbocycles. The van der Waals surface area contributed by atoms with Crippen molar-refractivity contribution < 1.29 is 18.0 Å². The number of hydrogen-bond acceptors (Lipinski definition) is 6. The highest BCUT2D eigenvalue weighted by molar-refractivity contribution is 7.98. The number of para-hydroxylation sites is 1. The Labute approximate surface area is 221 Å². The normalized spacial score (nSPS) is 14.0. The van der Waals surface area contributed by atoms with Gasteiger partial charge in [-0.3, -0.25) is 19.3 Å². The Bertz CT molecular complexity index is 1360. The first-order chi connectivity index (χ1) is 17.9. The van der Waals surface area contributed by atoms with Crippen LogP contribution in [-0.2, 0) is 16.6 Å². The first-order valence-electron chi connectivity index (χ1n) is 12.2. The van der Waals surface area contributed by atoms with Crippen molar-refractivity contribution in [2.24, 2.45) is 0 Å². The zero-order valence-corrected chi connectivity index (χ0v) is 22.3. The van der Waals surface area contributed by atoms with Crippen LogP contribution in [-0.4, -0.2) is 49.5 Å². The predicted octanol–water partition coefficient (Wildman–Crippen LogP) is 4.55. The summed E-state index contributed by atoms with van der Waals surface area (Å²) in [5.74, 6) is -0.574. The maximum atomic E-state index is 13.4. The monoisotopic (exact) mass is 538 g/mol. The Morgan fingerprint density at radius 1 is 0.973 bits per heavy atom. The third-order valence-corrected chi connectivity index (χ3v) is 8.36. The second-order valence-electron chi connectivity index (χ2n) is 8.76. The Kier molecular flexibility index (Phi) is 8.83. The van der Waals surface area contributed by atoms with Gasteiger partial charge < -0.3 is 10.2 Å². The van der Waals surface area contributed by atoms with Gasteiger partial charge in [0.25, 0.3) is 21.8 Å². The molecule has 37 heavy (non-hydrogen) atoms. The summed E-state index contributed by atoms with van der Waals surface area (Å²) in [4.78, 5) is 32.7. The van der Waals surface area contributed by atoms with Crippen LogP contribution in [0.2, 0.25) is 0 Å². The standard InChI is InChI=1S/C27H30N4O4S2/c1-36-25-13-12-21(17-23(25)27(33)31-15-6-2-3-7-16-31)37(34,35)30-24-11-5-4-10-22(24)26(32)29-19-20-9-8-14-28-18-20/h4-5,8-14,17-18,30H,2-3,6-7,15-16,19H2,1H3,(H,29,32). The maximum absolute atomic E-state index is 13.4.